The van der Waals surface area contributed by atoms with E-state index in [1.807, 2.05) is 0 Å². The van der Waals surface area contributed by atoms with Crippen molar-refractivity contribution in [3.8, 4) is 0 Å². The van der Waals surface area contributed by atoms with E-state index in [0.717, 1.165) is 25.7 Å². The van der Waals surface area contributed by atoms with Crippen molar-refractivity contribution >= 4 is 11.8 Å². The number of piperidine rings is 1. The zero-order chi connectivity index (χ0) is 13.0. The molecule has 1 unspecified atom stereocenters. The molecule has 18 heavy (non-hydrogen) atoms. The van der Waals surface area contributed by atoms with Crippen molar-refractivity contribution in [2.45, 2.75) is 44.6 Å². The number of nitrogens with one attached hydrogen (secondary N) is 2. The number of carbonyl (C=O) groups excluding carboxylic acids is 2. The maximum absolute atomic E-state index is 11.9. The summed E-state index contributed by atoms with van der Waals surface area (Å²) in [6.45, 7) is 1.17. The van der Waals surface area contributed by atoms with E-state index in [1.54, 1.807) is 0 Å². The van der Waals surface area contributed by atoms with Gasteiger partial charge in [-0.2, -0.15) is 0 Å². The third kappa shape index (κ3) is 3.70. The van der Waals surface area contributed by atoms with Crippen LogP contribution < -0.4 is 10.6 Å². The van der Waals surface area contributed by atoms with Crippen molar-refractivity contribution in [3.05, 3.63) is 0 Å². The number of carbonyl (C=O) groups is 2. The molecule has 5 heteroatoms. The van der Waals surface area contributed by atoms with Crippen LogP contribution in [0, 0.1) is 11.8 Å². The molecule has 0 aromatic rings. The van der Waals surface area contributed by atoms with E-state index in [9.17, 15) is 14.7 Å². The summed E-state index contributed by atoms with van der Waals surface area (Å²) in [4.78, 5) is 22.9. The van der Waals surface area contributed by atoms with E-state index in [-0.39, 0.29) is 23.8 Å². The van der Waals surface area contributed by atoms with Gasteiger partial charge in [0.05, 0.1) is 12.0 Å². The Hall–Kier alpha value is -1.10. The van der Waals surface area contributed by atoms with Gasteiger partial charge in [-0.1, -0.05) is 0 Å². The van der Waals surface area contributed by atoms with Crippen LogP contribution in [0.5, 0.6) is 0 Å². The van der Waals surface area contributed by atoms with Gasteiger partial charge >= 0.3 is 0 Å². The van der Waals surface area contributed by atoms with Crippen molar-refractivity contribution in [1.82, 2.24) is 10.6 Å². The summed E-state index contributed by atoms with van der Waals surface area (Å²) in [5.74, 6) is 0.522. The first-order valence-corrected chi connectivity index (χ1v) is 6.87. The first kappa shape index (κ1) is 13.3. The third-order valence-corrected chi connectivity index (χ3v) is 4.02. The van der Waals surface area contributed by atoms with Crippen LogP contribution in [0.15, 0.2) is 0 Å². The molecule has 1 saturated heterocycles. The van der Waals surface area contributed by atoms with Gasteiger partial charge in [0.25, 0.3) is 0 Å². The number of hydrogen-bond donors (Lipinski definition) is 3. The predicted molar refractivity (Wildman–Crippen MR) is 66.7 cm³/mol. The molecule has 3 N–H and O–H groups in total. The Bertz CT molecular complexity index is 301. The van der Waals surface area contributed by atoms with Gasteiger partial charge in [-0.05, 0) is 38.0 Å². The molecule has 2 amide bonds. The average molecular weight is 254 g/mol. The third-order valence-electron chi connectivity index (χ3n) is 4.02. The van der Waals surface area contributed by atoms with Crippen LogP contribution in [0.2, 0.25) is 0 Å². The molecule has 2 aliphatic rings. The molecule has 2 rings (SSSR count). The monoisotopic (exact) mass is 254 g/mol. The first-order valence-electron chi connectivity index (χ1n) is 6.87. The van der Waals surface area contributed by atoms with Gasteiger partial charge < -0.3 is 15.7 Å². The van der Waals surface area contributed by atoms with E-state index in [0.29, 0.717) is 31.8 Å². The summed E-state index contributed by atoms with van der Waals surface area (Å²) < 4.78 is 0. The molecular weight excluding hydrogens is 232 g/mol. The fourth-order valence-corrected chi connectivity index (χ4v) is 2.69. The molecule has 0 bridgehead atoms. The summed E-state index contributed by atoms with van der Waals surface area (Å²) in [5.41, 5.74) is 0. The summed E-state index contributed by atoms with van der Waals surface area (Å²) in [6.07, 6.45) is 4.63. The van der Waals surface area contributed by atoms with Gasteiger partial charge in [-0.25, -0.2) is 0 Å². The van der Waals surface area contributed by atoms with Crippen molar-refractivity contribution < 1.29 is 14.7 Å². The molecule has 0 aromatic carbocycles. The SMILES string of the molecule is O=C1CCC(C(=O)NCC2CCC(O)CC2)CN1. The molecule has 0 aromatic heterocycles. The van der Waals surface area contributed by atoms with Crippen LogP contribution in [-0.4, -0.2) is 36.1 Å². The zero-order valence-electron chi connectivity index (χ0n) is 10.7. The quantitative estimate of drug-likeness (QED) is 0.672. The molecule has 0 radical (unpaired) electrons. The first-order chi connectivity index (χ1) is 8.65. The lowest BCUT2D eigenvalue weighted by atomic mass is 9.87. The van der Waals surface area contributed by atoms with Gasteiger partial charge in [0.2, 0.25) is 11.8 Å². The Labute approximate surface area is 107 Å². The maximum Gasteiger partial charge on any atom is 0.224 e. The highest BCUT2D eigenvalue weighted by atomic mass is 16.3. The van der Waals surface area contributed by atoms with Gasteiger partial charge in [0.1, 0.15) is 0 Å². The second-order valence-corrected chi connectivity index (χ2v) is 5.46. The molecule has 5 nitrogen and oxygen atoms in total. The lowest BCUT2D eigenvalue weighted by molar-refractivity contribution is -0.129. The van der Waals surface area contributed by atoms with E-state index in [1.165, 1.54) is 0 Å². The molecule has 1 heterocycles. The normalized spacial score (nSPS) is 32.7. The Balaban J connectivity index is 1.67. The second-order valence-electron chi connectivity index (χ2n) is 5.46. The zero-order valence-corrected chi connectivity index (χ0v) is 10.7. The lowest BCUT2D eigenvalue weighted by Gasteiger charge is -2.27. The van der Waals surface area contributed by atoms with Crippen molar-refractivity contribution in [1.29, 1.82) is 0 Å². The fourth-order valence-electron chi connectivity index (χ4n) is 2.69. The molecule has 1 saturated carbocycles. The standard InChI is InChI=1S/C13H22N2O3/c16-11-4-1-9(2-5-11)7-15-13(18)10-3-6-12(17)14-8-10/h9-11,16H,1-8H2,(H,14,17)(H,15,18). The van der Waals surface area contributed by atoms with Crippen molar-refractivity contribution in [3.63, 3.8) is 0 Å². The maximum atomic E-state index is 11.9. The van der Waals surface area contributed by atoms with Gasteiger partial charge in [0, 0.05) is 19.5 Å². The number of hydrogen-bond acceptors (Lipinski definition) is 3. The lowest BCUT2D eigenvalue weighted by Crippen LogP contribution is -2.44. The minimum absolute atomic E-state index is 0.0420. The Morgan fingerprint density at radius 1 is 1.28 bits per heavy atom. The highest BCUT2D eigenvalue weighted by Gasteiger charge is 2.25. The highest BCUT2D eigenvalue weighted by molar-refractivity contribution is 5.83. The molecule has 2 fully saturated rings. The minimum atomic E-state index is -0.148. The van der Waals surface area contributed by atoms with E-state index in [2.05, 4.69) is 10.6 Å². The summed E-state index contributed by atoms with van der Waals surface area (Å²) in [7, 11) is 0. The Kier molecular flexibility index (Phi) is 4.58. The minimum Gasteiger partial charge on any atom is -0.393 e. The van der Waals surface area contributed by atoms with Gasteiger partial charge in [-0.15, -0.1) is 0 Å². The van der Waals surface area contributed by atoms with E-state index in [4.69, 9.17) is 0 Å². The molecular formula is C13H22N2O3. The summed E-state index contributed by atoms with van der Waals surface area (Å²) >= 11 is 0. The topological polar surface area (TPSA) is 78.4 Å². The van der Waals surface area contributed by atoms with Crippen molar-refractivity contribution in [2.24, 2.45) is 11.8 Å². The van der Waals surface area contributed by atoms with Crippen LogP contribution >= 0.6 is 0 Å². The van der Waals surface area contributed by atoms with E-state index < -0.39 is 0 Å². The fraction of sp³-hybridized carbons (Fsp3) is 0.846. The molecule has 1 atom stereocenters. The second kappa shape index (κ2) is 6.18. The largest absolute Gasteiger partial charge is 0.393 e. The van der Waals surface area contributed by atoms with Gasteiger partial charge in [0.15, 0.2) is 0 Å². The van der Waals surface area contributed by atoms with Crippen LogP contribution in [-0.2, 0) is 9.59 Å². The van der Waals surface area contributed by atoms with Crippen LogP contribution in [0.1, 0.15) is 38.5 Å². The number of aliphatic hydroxyl groups excluding tert-OH is 1. The van der Waals surface area contributed by atoms with Gasteiger partial charge in [-0.3, -0.25) is 9.59 Å². The smallest absolute Gasteiger partial charge is 0.224 e. The number of amides is 2. The molecule has 102 valence electrons. The molecule has 0 spiro atoms. The molecule has 1 aliphatic carbocycles. The van der Waals surface area contributed by atoms with Crippen LogP contribution in [0.3, 0.4) is 0 Å². The number of rotatable bonds is 3. The predicted octanol–water partition coefficient (Wildman–Crippen LogP) is 0.180. The summed E-state index contributed by atoms with van der Waals surface area (Å²) in [6, 6.07) is 0. The Morgan fingerprint density at radius 3 is 2.61 bits per heavy atom. The molecule has 1 aliphatic heterocycles. The number of aliphatic hydroxyl groups is 1. The van der Waals surface area contributed by atoms with E-state index >= 15 is 0 Å². The summed E-state index contributed by atoms with van der Waals surface area (Å²) in [5, 5.41) is 15.1. The van der Waals surface area contributed by atoms with Crippen LogP contribution in [0.4, 0.5) is 0 Å². The average Bonchev–Trinajstić information content (AvgIpc) is 2.38. The van der Waals surface area contributed by atoms with Crippen LogP contribution in [0.25, 0.3) is 0 Å². The highest BCUT2D eigenvalue weighted by Crippen LogP contribution is 2.23. The van der Waals surface area contributed by atoms with Crippen molar-refractivity contribution in [2.75, 3.05) is 13.1 Å². The Morgan fingerprint density at radius 2 is 2.00 bits per heavy atom.